The van der Waals surface area contributed by atoms with Gasteiger partial charge >= 0.3 is 5.97 Å². The van der Waals surface area contributed by atoms with E-state index in [4.69, 9.17) is 5.11 Å². The van der Waals surface area contributed by atoms with Crippen molar-refractivity contribution in [3.05, 3.63) is 23.8 Å². The first-order valence-corrected chi connectivity index (χ1v) is 5.60. The Morgan fingerprint density at radius 3 is 2.71 bits per heavy atom. The van der Waals surface area contributed by atoms with E-state index in [1.54, 1.807) is 6.20 Å². The summed E-state index contributed by atoms with van der Waals surface area (Å²) in [7, 11) is 2.10. The number of hydrogen-bond donors (Lipinski definition) is 1. The third kappa shape index (κ3) is 3.21. The van der Waals surface area contributed by atoms with Crippen LogP contribution in [0.25, 0.3) is 0 Å². The van der Waals surface area contributed by atoms with Gasteiger partial charge in [0.05, 0.1) is 11.9 Å². The first-order valence-electron chi connectivity index (χ1n) is 5.60. The summed E-state index contributed by atoms with van der Waals surface area (Å²) < 4.78 is 0. The van der Waals surface area contributed by atoms with Crippen molar-refractivity contribution in [2.45, 2.75) is 6.54 Å². The predicted molar refractivity (Wildman–Crippen MR) is 61.8 cm³/mol. The maximum atomic E-state index is 10.8. The maximum Gasteiger partial charge on any atom is 0.356 e. The largest absolute Gasteiger partial charge is 0.476 e. The molecular formula is C11H16N4O2. The minimum Gasteiger partial charge on any atom is -0.476 e. The molecule has 0 spiro atoms. The molecule has 0 unspecified atom stereocenters. The summed E-state index contributed by atoms with van der Waals surface area (Å²) in [4.78, 5) is 23.3. The van der Waals surface area contributed by atoms with Gasteiger partial charge < -0.3 is 10.0 Å². The molecular weight excluding hydrogens is 220 g/mol. The lowest BCUT2D eigenvalue weighted by Crippen LogP contribution is -2.44. The maximum absolute atomic E-state index is 10.8. The monoisotopic (exact) mass is 236 g/mol. The van der Waals surface area contributed by atoms with Gasteiger partial charge in [0.15, 0.2) is 5.69 Å². The molecule has 1 aliphatic heterocycles. The fourth-order valence-corrected chi connectivity index (χ4v) is 1.82. The Kier molecular flexibility index (Phi) is 3.65. The molecule has 0 atom stereocenters. The van der Waals surface area contributed by atoms with Crippen molar-refractivity contribution in [3.8, 4) is 0 Å². The van der Waals surface area contributed by atoms with Crippen LogP contribution < -0.4 is 0 Å². The SMILES string of the molecule is CN1CCN(Cc2cncc(C(=O)O)n2)CC1. The van der Waals surface area contributed by atoms with Crippen LogP contribution in [0.2, 0.25) is 0 Å². The Morgan fingerprint density at radius 2 is 2.06 bits per heavy atom. The highest BCUT2D eigenvalue weighted by atomic mass is 16.4. The Morgan fingerprint density at radius 1 is 1.35 bits per heavy atom. The minimum absolute atomic E-state index is 0.0108. The molecule has 1 aromatic rings. The fourth-order valence-electron chi connectivity index (χ4n) is 1.82. The van der Waals surface area contributed by atoms with Crippen LogP contribution in [0.5, 0.6) is 0 Å². The van der Waals surface area contributed by atoms with E-state index in [1.807, 2.05) is 0 Å². The van der Waals surface area contributed by atoms with Crippen molar-refractivity contribution < 1.29 is 9.90 Å². The molecule has 0 radical (unpaired) electrons. The summed E-state index contributed by atoms with van der Waals surface area (Å²) in [5, 5.41) is 8.83. The Bertz CT molecular complexity index is 402. The average molecular weight is 236 g/mol. The number of carbonyl (C=O) groups is 1. The molecule has 0 amide bonds. The molecule has 0 saturated carbocycles. The minimum atomic E-state index is -1.03. The molecule has 1 fully saturated rings. The van der Waals surface area contributed by atoms with Gasteiger partial charge in [0.25, 0.3) is 0 Å². The molecule has 2 heterocycles. The molecule has 1 aliphatic rings. The quantitative estimate of drug-likeness (QED) is 0.791. The zero-order chi connectivity index (χ0) is 12.3. The molecule has 1 aromatic heterocycles. The smallest absolute Gasteiger partial charge is 0.356 e. The normalized spacial score (nSPS) is 18.2. The van der Waals surface area contributed by atoms with Crippen LogP contribution in [0.15, 0.2) is 12.4 Å². The van der Waals surface area contributed by atoms with Crippen LogP contribution in [0.1, 0.15) is 16.2 Å². The number of carboxylic acids is 1. The van der Waals surface area contributed by atoms with Crippen LogP contribution in [-0.4, -0.2) is 64.1 Å². The van der Waals surface area contributed by atoms with Gasteiger partial charge in [-0.3, -0.25) is 9.88 Å². The summed E-state index contributed by atoms with van der Waals surface area (Å²) in [5.74, 6) is -1.03. The van der Waals surface area contributed by atoms with E-state index in [9.17, 15) is 4.79 Å². The molecule has 0 aliphatic carbocycles. The lowest BCUT2D eigenvalue weighted by Gasteiger charge is -2.31. The van der Waals surface area contributed by atoms with Gasteiger partial charge in [-0.05, 0) is 7.05 Å². The molecule has 92 valence electrons. The predicted octanol–water partition coefficient (Wildman–Crippen LogP) is -0.0778. The number of carboxylic acid groups (broad SMARTS) is 1. The summed E-state index contributed by atoms with van der Waals surface area (Å²) >= 11 is 0. The molecule has 2 rings (SSSR count). The number of aromatic nitrogens is 2. The Labute approximate surface area is 99.9 Å². The van der Waals surface area contributed by atoms with Gasteiger partial charge in [0.2, 0.25) is 0 Å². The second kappa shape index (κ2) is 5.20. The molecule has 1 N–H and O–H groups in total. The van der Waals surface area contributed by atoms with E-state index in [0.29, 0.717) is 6.54 Å². The van der Waals surface area contributed by atoms with E-state index in [-0.39, 0.29) is 5.69 Å². The summed E-state index contributed by atoms with van der Waals surface area (Å²) in [6, 6.07) is 0. The van der Waals surface area contributed by atoms with Crippen molar-refractivity contribution in [2.24, 2.45) is 0 Å². The van der Waals surface area contributed by atoms with Gasteiger partial charge in [-0.2, -0.15) is 0 Å². The van der Waals surface area contributed by atoms with Gasteiger partial charge in [0.1, 0.15) is 0 Å². The number of aromatic carboxylic acids is 1. The highest BCUT2D eigenvalue weighted by Crippen LogP contribution is 2.05. The van der Waals surface area contributed by atoms with E-state index in [1.165, 1.54) is 6.20 Å². The van der Waals surface area contributed by atoms with Crippen LogP contribution in [-0.2, 0) is 6.54 Å². The van der Waals surface area contributed by atoms with E-state index >= 15 is 0 Å². The zero-order valence-corrected chi connectivity index (χ0v) is 9.83. The number of piperazine rings is 1. The first-order chi connectivity index (χ1) is 8.15. The topological polar surface area (TPSA) is 69.6 Å². The van der Waals surface area contributed by atoms with Crippen molar-refractivity contribution in [1.29, 1.82) is 0 Å². The van der Waals surface area contributed by atoms with Gasteiger partial charge in [-0.25, -0.2) is 9.78 Å². The van der Waals surface area contributed by atoms with E-state index in [0.717, 1.165) is 31.9 Å². The van der Waals surface area contributed by atoms with Crippen molar-refractivity contribution in [1.82, 2.24) is 19.8 Å². The van der Waals surface area contributed by atoms with E-state index in [2.05, 4.69) is 26.8 Å². The average Bonchev–Trinajstić information content (AvgIpc) is 2.32. The second-order valence-corrected chi connectivity index (χ2v) is 4.28. The summed E-state index contributed by atoms with van der Waals surface area (Å²) in [6.45, 7) is 4.70. The molecule has 0 bridgehead atoms. The van der Waals surface area contributed by atoms with Crippen LogP contribution in [0, 0.1) is 0 Å². The Balaban J connectivity index is 1.98. The molecule has 0 aromatic carbocycles. The standard InChI is InChI=1S/C11H16N4O2/c1-14-2-4-15(5-3-14)8-9-6-12-7-10(13-9)11(16)17/h6-7H,2-5,8H2,1H3,(H,16,17). The van der Waals surface area contributed by atoms with Crippen LogP contribution in [0.3, 0.4) is 0 Å². The fraction of sp³-hybridized carbons (Fsp3) is 0.545. The zero-order valence-electron chi connectivity index (χ0n) is 9.83. The Hall–Kier alpha value is -1.53. The molecule has 17 heavy (non-hydrogen) atoms. The molecule has 1 saturated heterocycles. The first kappa shape index (κ1) is 11.9. The summed E-state index contributed by atoms with van der Waals surface area (Å²) in [6.07, 6.45) is 2.90. The highest BCUT2D eigenvalue weighted by molar-refractivity contribution is 5.84. The number of rotatable bonds is 3. The summed E-state index contributed by atoms with van der Waals surface area (Å²) in [5.41, 5.74) is 0.728. The lowest BCUT2D eigenvalue weighted by molar-refractivity contribution is 0.0689. The third-order valence-electron chi connectivity index (χ3n) is 2.89. The highest BCUT2D eigenvalue weighted by Gasteiger charge is 2.15. The second-order valence-electron chi connectivity index (χ2n) is 4.28. The molecule has 6 nitrogen and oxygen atoms in total. The third-order valence-corrected chi connectivity index (χ3v) is 2.89. The van der Waals surface area contributed by atoms with Crippen molar-refractivity contribution in [2.75, 3.05) is 33.2 Å². The number of hydrogen-bond acceptors (Lipinski definition) is 5. The van der Waals surface area contributed by atoms with Gasteiger partial charge in [0, 0.05) is 38.9 Å². The van der Waals surface area contributed by atoms with Gasteiger partial charge in [-0.15, -0.1) is 0 Å². The van der Waals surface area contributed by atoms with Crippen LogP contribution >= 0.6 is 0 Å². The van der Waals surface area contributed by atoms with Crippen molar-refractivity contribution >= 4 is 5.97 Å². The lowest BCUT2D eigenvalue weighted by atomic mass is 10.3. The van der Waals surface area contributed by atoms with Crippen molar-refractivity contribution in [3.63, 3.8) is 0 Å². The number of likely N-dealkylation sites (N-methyl/N-ethyl adjacent to an activating group) is 1. The van der Waals surface area contributed by atoms with Crippen LogP contribution in [0.4, 0.5) is 0 Å². The van der Waals surface area contributed by atoms with E-state index < -0.39 is 5.97 Å². The van der Waals surface area contributed by atoms with Gasteiger partial charge in [-0.1, -0.05) is 0 Å². The number of nitrogens with zero attached hydrogens (tertiary/aromatic N) is 4. The molecule has 6 heteroatoms.